The van der Waals surface area contributed by atoms with Crippen LogP contribution < -0.4 is 4.74 Å². The number of carbonyl (C=O) groups is 1. The van der Waals surface area contributed by atoms with Gasteiger partial charge in [-0.15, -0.1) is 0 Å². The fraction of sp³-hybridized carbons (Fsp3) is 0.550. The van der Waals surface area contributed by atoms with Crippen molar-refractivity contribution in [2.24, 2.45) is 0 Å². The van der Waals surface area contributed by atoms with Crippen LogP contribution in [-0.4, -0.2) is 70.1 Å². The maximum Gasteiger partial charge on any atom is 0.320 e. The van der Waals surface area contributed by atoms with Gasteiger partial charge in [0.05, 0.1) is 6.54 Å². The number of aromatic nitrogens is 2. The zero-order valence-electron chi connectivity index (χ0n) is 16.4. The number of nitrogens with zero attached hydrogens (tertiary/aromatic N) is 5. The van der Waals surface area contributed by atoms with Gasteiger partial charge in [0.15, 0.2) is 6.61 Å². The molecule has 0 spiro atoms. The Balaban J connectivity index is 1.21. The first-order valence-electron chi connectivity index (χ1n) is 10.1. The average molecular weight is 403 g/mol. The predicted molar refractivity (Wildman–Crippen MR) is 103 cm³/mol. The fourth-order valence-electron chi connectivity index (χ4n) is 3.67. The number of amides is 2. The van der Waals surface area contributed by atoms with Crippen LogP contribution in [0.2, 0.25) is 0 Å². The maximum atomic E-state index is 12.9. The number of hydrogen-bond acceptors (Lipinski definition) is 6. The molecule has 3 heterocycles. The van der Waals surface area contributed by atoms with Crippen LogP contribution in [-0.2, 0) is 13.2 Å². The second kappa shape index (κ2) is 9.21. The van der Waals surface area contributed by atoms with Crippen molar-refractivity contribution in [3.63, 3.8) is 0 Å². The molecule has 0 unspecified atom stereocenters. The summed E-state index contributed by atoms with van der Waals surface area (Å²) in [5.74, 6) is 1.21. The Morgan fingerprint density at radius 2 is 1.69 bits per heavy atom. The number of carbonyl (C=O) groups excluding carboxylic acids is 1. The Morgan fingerprint density at radius 3 is 2.41 bits per heavy atom. The third kappa shape index (κ3) is 5.23. The molecule has 0 radical (unpaired) electrons. The number of urea groups is 1. The van der Waals surface area contributed by atoms with Crippen LogP contribution in [0.3, 0.4) is 0 Å². The molecule has 29 heavy (non-hydrogen) atoms. The topological polar surface area (TPSA) is 74.9 Å². The smallest absolute Gasteiger partial charge is 0.320 e. The number of ether oxygens (including phenoxy) is 1. The lowest BCUT2D eigenvalue weighted by Gasteiger charge is -2.38. The lowest BCUT2D eigenvalue weighted by Crippen LogP contribution is -2.53. The van der Waals surface area contributed by atoms with E-state index in [4.69, 9.17) is 9.26 Å². The molecule has 8 nitrogen and oxygen atoms in total. The molecule has 2 aliphatic heterocycles. The zero-order chi connectivity index (χ0) is 20.1. The number of piperazine rings is 1. The van der Waals surface area contributed by atoms with E-state index in [2.05, 4.69) is 15.0 Å². The summed E-state index contributed by atoms with van der Waals surface area (Å²) in [5, 5.41) is 3.94. The lowest BCUT2D eigenvalue weighted by atomic mass is 10.1. The predicted octanol–water partition coefficient (Wildman–Crippen LogP) is 2.51. The summed E-state index contributed by atoms with van der Waals surface area (Å²) in [7, 11) is 0. The van der Waals surface area contributed by atoms with E-state index < -0.39 is 0 Å². The van der Waals surface area contributed by atoms with Crippen LogP contribution in [0.15, 0.2) is 28.8 Å². The molecule has 2 aliphatic rings. The first-order chi connectivity index (χ1) is 14.2. The Labute approximate surface area is 169 Å². The van der Waals surface area contributed by atoms with E-state index in [1.54, 1.807) is 12.1 Å². The highest BCUT2D eigenvalue weighted by Crippen LogP contribution is 2.15. The summed E-state index contributed by atoms with van der Waals surface area (Å²) in [6.45, 7) is 5.46. The van der Waals surface area contributed by atoms with Gasteiger partial charge < -0.3 is 19.1 Å². The fourth-order valence-corrected chi connectivity index (χ4v) is 3.67. The van der Waals surface area contributed by atoms with E-state index in [-0.39, 0.29) is 18.5 Å². The third-order valence-corrected chi connectivity index (χ3v) is 5.32. The Bertz CT molecular complexity index is 799. The highest BCUT2D eigenvalue weighted by Gasteiger charge is 2.26. The van der Waals surface area contributed by atoms with E-state index in [1.165, 1.54) is 18.6 Å². The quantitative estimate of drug-likeness (QED) is 0.764. The average Bonchev–Trinajstić information content (AvgIpc) is 3.21. The molecule has 1 aromatic carbocycles. The summed E-state index contributed by atoms with van der Waals surface area (Å²) >= 11 is 0. The Morgan fingerprint density at radius 1 is 1.00 bits per heavy atom. The van der Waals surface area contributed by atoms with Gasteiger partial charge in [-0.25, -0.2) is 9.18 Å². The minimum Gasteiger partial charge on any atom is -0.485 e. The number of halogens is 1. The van der Waals surface area contributed by atoms with E-state index in [1.807, 2.05) is 9.80 Å². The van der Waals surface area contributed by atoms with E-state index >= 15 is 0 Å². The molecular formula is C20H26FN5O3. The summed E-state index contributed by atoms with van der Waals surface area (Å²) in [6.07, 6.45) is 3.44. The van der Waals surface area contributed by atoms with Crippen LogP contribution in [0.1, 0.15) is 31.0 Å². The van der Waals surface area contributed by atoms with Gasteiger partial charge in [-0.2, -0.15) is 4.98 Å². The number of piperidine rings is 1. The van der Waals surface area contributed by atoms with E-state index in [0.717, 1.165) is 39.0 Å². The standard InChI is InChI=1S/C20H26FN5O3/c21-16-4-6-17(7-5-16)28-15-18-22-19(29-23-18)14-24-10-12-26(13-11-24)20(27)25-8-2-1-3-9-25/h4-7H,1-3,8-15H2. The number of rotatable bonds is 5. The Hall–Kier alpha value is -2.68. The lowest BCUT2D eigenvalue weighted by molar-refractivity contribution is 0.0998. The van der Waals surface area contributed by atoms with Crippen molar-refractivity contribution in [1.29, 1.82) is 0 Å². The van der Waals surface area contributed by atoms with Crippen LogP contribution >= 0.6 is 0 Å². The Kier molecular flexibility index (Phi) is 6.24. The molecule has 2 fully saturated rings. The molecule has 156 valence electrons. The molecule has 2 amide bonds. The molecule has 9 heteroatoms. The van der Waals surface area contributed by atoms with Gasteiger partial charge >= 0.3 is 6.03 Å². The SMILES string of the molecule is O=C(N1CCCCC1)N1CCN(Cc2nc(COc3ccc(F)cc3)no2)CC1. The monoisotopic (exact) mass is 403 g/mol. The van der Waals surface area contributed by atoms with Gasteiger partial charge in [0.1, 0.15) is 11.6 Å². The molecule has 0 bridgehead atoms. The van der Waals surface area contributed by atoms with Crippen molar-refractivity contribution in [2.75, 3.05) is 39.3 Å². The molecule has 0 aliphatic carbocycles. The van der Waals surface area contributed by atoms with Gasteiger partial charge in [-0.3, -0.25) is 4.90 Å². The maximum absolute atomic E-state index is 12.9. The van der Waals surface area contributed by atoms with Gasteiger partial charge in [-0.05, 0) is 43.5 Å². The zero-order valence-corrected chi connectivity index (χ0v) is 16.4. The molecule has 2 aromatic rings. The van der Waals surface area contributed by atoms with Crippen LogP contribution in [0.4, 0.5) is 9.18 Å². The first kappa shape index (κ1) is 19.6. The second-order valence-corrected chi connectivity index (χ2v) is 7.44. The van der Waals surface area contributed by atoms with Crippen molar-refractivity contribution < 1.29 is 18.4 Å². The minimum atomic E-state index is -0.308. The van der Waals surface area contributed by atoms with Gasteiger partial charge in [-0.1, -0.05) is 5.16 Å². The summed E-state index contributed by atoms with van der Waals surface area (Å²) < 4.78 is 23.8. The first-order valence-corrected chi connectivity index (χ1v) is 10.1. The molecule has 0 N–H and O–H groups in total. The van der Waals surface area contributed by atoms with Crippen LogP contribution in [0.5, 0.6) is 5.75 Å². The van der Waals surface area contributed by atoms with Gasteiger partial charge in [0, 0.05) is 39.3 Å². The van der Waals surface area contributed by atoms with Crippen molar-refractivity contribution in [2.45, 2.75) is 32.4 Å². The van der Waals surface area contributed by atoms with Crippen LogP contribution in [0.25, 0.3) is 0 Å². The minimum absolute atomic E-state index is 0.160. The molecule has 1 aromatic heterocycles. The second-order valence-electron chi connectivity index (χ2n) is 7.44. The highest BCUT2D eigenvalue weighted by molar-refractivity contribution is 5.74. The molecule has 0 saturated carbocycles. The molecule has 2 saturated heterocycles. The number of hydrogen-bond donors (Lipinski definition) is 0. The molecular weight excluding hydrogens is 377 g/mol. The highest BCUT2D eigenvalue weighted by atomic mass is 19.1. The largest absolute Gasteiger partial charge is 0.485 e. The number of likely N-dealkylation sites (tertiary alicyclic amines) is 1. The van der Waals surface area contributed by atoms with Crippen molar-refractivity contribution in [3.8, 4) is 5.75 Å². The van der Waals surface area contributed by atoms with Crippen molar-refractivity contribution >= 4 is 6.03 Å². The molecule has 4 rings (SSSR count). The third-order valence-electron chi connectivity index (χ3n) is 5.32. The molecule has 0 atom stereocenters. The van der Waals surface area contributed by atoms with E-state index in [0.29, 0.717) is 37.1 Å². The van der Waals surface area contributed by atoms with Crippen LogP contribution in [0, 0.1) is 5.82 Å². The summed E-state index contributed by atoms with van der Waals surface area (Å²) in [5.41, 5.74) is 0. The van der Waals surface area contributed by atoms with Crippen molar-refractivity contribution in [3.05, 3.63) is 41.8 Å². The number of benzene rings is 1. The summed E-state index contributed by atoms with van der Waals surface area (Å²) in [4.78, 5) is 23.1. The summed E-state index contributed by atoms with van der Waals surface area (Å²) in [6, 6.07) is 5.96. The van der Waals surface area contributed by atoms with E-state index in [9.17, 15) is 9.18 Å². The van der Waals surface area contributed by atoms with Crippen molar-refractivity contribution in [1.82, 2.24) is 24.8 Å². The van der Waals surface area contributed by atoms with Gasteiger partial charge in [0.25, 0.3) is 0 Å². The normalized spacial score (nSPS) is 18.1. The van der Waals surface area contributed by atoms with Gasteiger partial charge in [0.2, 0.25) is 11.7 Å².